The van der Waals surface area contributed by atoms with E-state index >= 15 is 0 Å². The molecule has 1 N–H and O–H groups in total. The smallest absolute Gasteiger partial charge is 0.295 e. The van der Waals surface area contributed by atoms with E-state index < -0.39 is 23.5 Å². The fourth-order valence-corrected chi connectivity index (χ4v) is 3.62. The molecule has 6 heteroatoms. The fourth-order valence-electron chi connectivity index (χ4n) is 3.62. The number of Topliss-reactive ketones (excluding diaryl/α,β-unsaturated/α-hetero) is 1. The highest BCUT2D eigenvalue weighted by atomic mass is 19.1. The molecule has 150 valence electrons. The van der Waals surface area contributed by atoms with Crippen molar-refractivity contribution in [1.29, 1.82) is 0 Å². The standard InChI is InChI=1S/C24H19FN2O3/c1-15-8-10-17(11-9-15)22(28)20-21(18-6-2-3-7-19(18)25)27(24(30)23(20)29)14-16-5-4-12-26-13-16/h2-13,21,28H,14H2,1H3. The van der Waals surface area contributed by atoms with Crippen LogP contribution in [0, 0.1) is 12.7 Å². The van der Waals surface area contributed by atoms with Crippen LogP contribution in [0.3, 0.4) is 0 Å². The van der Waals surface area contributed by atoms with Crippen LogP contribution in [0.25, 0.3) is 5.76 Å². The van der Waals surface area contributed by atoms with E-state index in [1.54, 1.807) is 54.9 Å². The van der Waals surface area contributed by atoms with Gasteiger partial charge >= 0.3 is 0 Å². The number of aliphatic hydroxyl groups excluding tert-OH is 1. The van der Waals surface area contributed by atoms with E-state index in [1.807, 2.05) is 6.92 Å². The summed E-state index contributed by atoms with van der Waals surface area (Å²) in [6.45, 7) is 1.96. The number of halogens is 1. The molecule has 0 radical (unpaired) electrons. The zero-order chi connectivity index (χ0) is 21.3. The molecule has 2 aromatic carbocycles. The quantitative estimate of drug-likeness (QED) is 0.404. The van der Waals surface area contributed by atoms with Crippen LogP contribution in [-0.2, 0) is 16.1 Å². The lowest BCUT2D eigenvalue weighted by atomic mass is 9.94. The van der Waals surface area contributed by atoms with Crippen molar-refractivity contribution in [3.05, 3.63) is 107 Å². The molecule has 1 atom stereocenters. The predicted octanol–water partition coefficient (Wildman–Crippen LogP) is 4.15. The first kappa shape index (κ1) is 19.5. The lowest BCUT2D eigenvalue weighted by Gasteiger charge is -2.25. The van der Waals surface area contributed by atoms with E-state index in [1.165, 1.54) is 23.1 Å². The molecule has 0 bridgehead atoms. The number of rotatable bonds is 4. The lowest BCUT2D eigenvalue weighted by Crippen LogP contribution is -2.29. The maximum absolute atomic E-state index is 14.7. The van der Waals surface area contributed by atoms with Crippen molar-refractivity contribution < 1.29 is 19.1 Å². The van der Waals surface area contributed by atoms with Crippen molar-refractivity contribution in [3.8, 4) is 0 Å². The first-order valence-corrected chi connectivity index (χ1v) is 9.46. The van der Waals surface area contributed by atoms with Crippen molar-refractivity contribution >= 4 is 17.4 Å². The minimum atomic E-state index is -1.05. The Morgan fingerprint density at radius 1 is 1.07 bits per heavy atom. The van der Waals surface area contributed by atoms with Crippen LogP contribution in [0.5, 0.6) is 0 Å². The molecule has 30 heavy (non-hydrogen) atoms. The summed E-state index contributed by atoms with van der Waals surface area (Å²) in [5.74, 6) is -2.52. The van der Waals surface area contributed by atoms with Gasteiger partial charge in [0.1, 0.15) is 11.6 Å². The van der Waals surface area contributed by atoms with Crippen LogP contribution in [-0.4, -0.2) is 26.7 Å². The van der Waals surface area contributed by atoms with Crippen molar-refractivity contribution in [2.75, 3.05) is 0 Å². The van der Waals surface area contributed by atoms with Gasteiger partial charge in [-0.05, 0) is 24.6 Å². The normalized spacial score (nSPS) is 18.1. The van der Waals surface area contributed by atoms with E-state index in [0.717, 1.165) is 5.56 Å². The summed E-state index contributed by atoms with van der Waals surface area (Å²) in [4.78, 5) is 31.1. The molecule has 2 heterocycles. The van der Waals surface area contributed by atoms with Gasteiger partial charge in [0, 0.05) is 30.1 Å². The number of hydrogen-bond acceptors (Lipinski definition) is 4. The molecule has 1 aromatic heterocycles. The third-order valence-electron chi connectivity index (χ3n) is 5.14. The summed E-state index contributed by atoms with van der Waals surface area (Å²) in [7, 11) is 0. The number of carbonyl (C=O) groups excluding carboxylic acids is 2. The molecule has 0 saturated carbocycles. The van der Waals surface area contributed by atoms with Crippen molar-refractivity contribution in [1.82, 2.24) is 9.88 Å². The number of hydrogen-bond donors (Lipinski definition) is 1. The van der Waals surface area contributed by atoms with Crippen LogP contribution in [0.1, 0.15) is 28.3 Å². The number of nitrogens with zero attached hydrogens (tertiary/aromatic N) is 2. The molecule has 1 fully saturated rings. The Balaban J connectivity index is 1.88. The Morgan fingerprint density at radius 3 is 2.47 bits per heavy atom. The van der Waals surface area contributed by atoms with Gasteiger partial charge in [-0.2, -0.15) is 0 Å². The third kappa shape index (κ3) is 3.48. The summed E-state index contributed by atoms with van der Waals surface area (Å²) in [5, 5.41) is 11.0. The summed E-state index contributed by atoms with van der Waals surface area (Å²) in [6.07, 6.45) is 3.18. The third-order valence-corrected chi connectivity index (χ3v) is 5.14. The van der Waals surface area contributed by atoms with E-state index in [9.17, 15) is 19.1 Å². The highest BCUT2D eigenvalue weighted by Crippen LogP contribution is 2.41. The van der Waals surface area contributed by atoms with Crippen LogP contribution in [0.4, 0.5) is 4.39 Å². The highest BCUT2D eigenvalue weighted by molar-refractivity contribution is 6.46. The van der Waals surface area contributed by atoms with E-state index in [2.05, 4.69) is 4.98 Å². The maximum atomic E-state index is 14.7. The molecular formula is C24H19FN2O3. The second-order valence-corrected chi connectivity index (χ2v) is 7.18. The highest BCUT2D eigenvalue weighted by Gasteiger charge is 2.46. The first-order valence-electron chi connectivity index (χ1n) is 9.46. The van der Waals surface area contributed by atoms with Gasteiger partial charge in [0.25, 0.3) is 11.7 Å². The maximum Gasteiger partial charge on any atom is 0.295 e. The van der Waals surface area contributed by atoms with E-state index in [-0.39, 0.29) is 23.4 Å². The Kier molecular flexibility index (Phi) is 5.14. The lowest BCUT2D eigenvalue weighted by molar-refractivity contribution is -0.140. The van der Waals surface area contributed by atoms with Crippen LogP contribution >= 0.6 is 0 Å². The summed E-state index contributed by atoms with van der Waals surface area (Å²) < 4.78 is 14.7. The van der Waals surface area contributed by atoms with Gasteiger partial charge in [-0.1, -0.05) is 54.1 Å². The molecule has 1 aliphatic rings. The van der Waals surface area contributed by atoms with E-state index in [4.69, 9.17) is 0 Å². The second kappa shape index (κ2) is 7.91. The Labute approximate surface area is 173 Å². The zero-order valence-electron chi connectivity index (χ0n) is 16.2. The van der Waals surface area contributed by atoms with E-state index in [0.29, 0.717) is 11.1 Å². The molecule has 3 aromatic rings. The minimum absolute atomic E-state index is 0.0576. The largest absolute Gasteiger partial charge is 0.507 e. The number of pyridine rings is 1. The van der Waals surface area contributed by atoms with Gasteiger partial charge in [0.15, 0.2) is 0 Å². The summed E-state index contributed by atoms with van der Waals surface area (Å²) in [5.41, 5.74) is 2.08. The van der Waals surface area contributed by atoms with Crippen molar-refractivity contribution in [2.24, 2.45) is 0 Å². The van der Waals surface area contributed by atoms with Gasteiger partial charge in [-0.25, -0.2) is 4.39 Å². The van der Waals surface area contributed by atoms with Gasteiger partial charge < -0.3 is 10.0 Å². The number of amides is 1. The minimum Gasteiger partial charge on any atom is -0.507 e. The van der Waals surface area contributed by atoms with Gasteiger partial charge in [-0.3, -0.25) is 14.6 Å². The summed E-state index contributed by atoms with van der Waals surface area (Å²) in [6, 6.07) is 15.3. The zero-order valence-corrected chi connectivity index (χ0v) is 16.2. The second-order valence-electron chi connectivity index (χ2n) is 7.18. The first-order chi connectivity index (χ1) is 14.5. The number of aromatic nitrogens is 1. The molecule has 0 aliphatic carbocycles. The SMILES string of the molecule is Cc1ccc(C(O)=C2C(=O)C(=O)N(Cc3cccnc3)C2c2ccccc2F)cc1. The Bertz CT molecular complexity index is 1140. The van der Waals surface area contributed by atoms with Crippen molar-refractivity contribution in [3.63, 3.8) is 0 Å². The Hall–Kier alpha value is -3.80. The van der Waals surface area contributed by atoms with Gasteiger partial charge in [-0.15, -0.1) is 0 Å². The fraction of sp³-hybridized carbons (Fsp3) is 0.125. The van der Waals surface area contributed by atoms with Gasteiger partial charge in [0.2, 0.25) is 0 Å². The number of aliphatic hydroxyl groups is 1. The number of ketones is 1. The number of aryl methyl sites for hydroxylation is 1. The van der Waals surface area contributed by atoms with Crippen LogP contribution < -0.4 is 0 Å². The van der Waals surface area contributed by atoms with Crippen molar-refractivity contribution in [2.45, 2.75) is 19.5 Å². The molecular weight excluding hydrogens is 383 g/mol. The predicted molar refractivity (Wildman–Crippen MR) is 110 cm³/mol. The molecule has 4 rings (SSSR count). The number of benzene rings is 2. The Morgan fingerprint density at radius 2 is 1.80 bits per heavy atom. The summed E-state index contributed by atoms with van der Waals surface area (Å²) >= 11 is 0. The van der Waals surface area contributed by atoms with Crippen LogP contribution in [0.15, 0.2) is 78.6 Å². The van der Waals surface area contributed by atoms with Gasteiger partial charge in [0.05, 0.1) is 11.6 Å². The molecule has 1 saturated heterocycles. The molecule has 0 spiro atoms. The molecule has 5 nitrogen and oxygen atoms in total. The molecule has 1 aliphatic heterocycles. The molecule has 1 unspecified atom stereocenters. The average Bonchev–Trinajstić information content (AvgIpc) is 3.00. The number of carbonyl (C=O) groups is 2. The monoisotopic (exact) mass is 402 g/mol. The number of likely N-dealkylation sites (tertiary alicyclic amines) is 1. The van der Waals surface area contributed by atoms with Crippen LogP contribution in [0.2, 0.25) is 0 Å². The topological polar surface area (TPSA) is 70.5 Å². The average molecular weight is 402 g/mol. The molecule has 1 amide bonds.